The molecule has 172 valence electrons. The predicted molar refractivity (Wildman–Crippen MR) is 121 cm³/mol. The van der Waals surface area contributed by atoms with Crippen molar-refractivity contribution in [1.82, 2.24) is 15.0 Å². The molecule has 1 aliphatic rings. The molecule has 0 radical (unpaired) electrons. The van der Waals surface area contributed by atoms with Crippen LogP contribution in [0.15, 0.2) is 33.7 Å². The third-order valence-electron chi connectivity index (χ3n) is 4.61. The largest absolute Gasteiger partial charge is 0.573 e. The van der Waals surface area contributed by atoms with E-state index in [9.17, 15) is 18.0 Å². The van der Waals surface area contributed by atoms with Crippen molar-refractivity contribution in [3.05, 3.63) is 44.2 Å². The average molecular weight is 556 g/mol. The molecular formula is C18H16BrCl2F3N6O2. The van der Waals surface area contributed by atoms with Crippen LogP contribution in [0.3, 0.4) is 0 Å². The van der Waals surface area contributed by atoms with Gasteiger partial charge in [0.25, 0.3) is 5.56 Å². The van der Waals surface area contributed by atoms with Gasteiger partial charge in [-0.15, -0.1) is 25.6 Å². The van der Waals surface area contributed by atoms with Crippen LogP contribution >= 0.6 is 39.9 Å². The second-order valence-corrected chi connectivity index (χ2v) is 8.14. The minimum Gasteiger partial charge on any atom is -0.404 e. The lowest BCUT2D eigenvalue weighted by atomic mass is 10.2. The number of hydrogen-bond acceptors (Lipinski definition) is 7. The molecule has 1 fully saturated rings. The third-order valence-corrected chi connectivity index (χ3v) is 5.52. The lowest BCUT2D eigenvalue weighted by molar-refractivity contribution is -0.274. The highest BCUT2D eigenvalue weighted by Gasteiger charge is 2.32. The Hall–Kier alpha value is -2.28. The number of rotatable bonds is 4. The Morgan fingerprint density at radius 1 is 1.34 bits per heavy atom. The minimum absolute atomic E-state index is 0. The number of aromatic amines is 1. The molecule has 2 aromatic heterocycles. The van der Waals surface area contributed by atoms with Gasteiger partial charge in [-0.3, -0.25) is 4.79 Å². The molecule has 1 aliphatic heterocycles. The van der Waals surface area contributed by atoms with Gasteiger partial charge < -0.3 is 25.7 Å². The van der Waals surface area contributed by atoms with Crippen LogP contribution in [0.1, 0.15) is 6.42 Å². The van der Waals surface area contributed by atoms with E-state index in [0.717, 1.165) is 12.5 Å². The van der Waals surface area contributed by atoms with Gasteiger partial charge in [0, 0.05) is 37.1 Å². The molecule has 3 heterocycles. The van der Waals surface area contributed by atoms with Crippen molar-refractivity contribution < 1.29 is 17.9 Å². The quantitative estimate of drug-likeness (QED) is 0.439. The number of H-pyrrole nitrogens is 1. The molecule has 1 atom stereocenters. The van der Waals surface area contributed by atoms with Crippen LogP contribution < -0.4 is 26.2 Å². The summed E-state index contributed by atoms with van der Waals surface area (Å²) < 4.78 is 42.4. The standard InChI is InChI=1S/C18H15BrClF3N6O2.ClH/c19-10-6-25-16(30)13-14(10)27-17(29-4-3-8(24)7-29)28-15(13)26-9-1-2-11(20)12(5-9)31-18(21,22)23;/h1-2,5-6,8H,3-4,7,24H2,(H,25,30)(H,26,27,28);1H. The van der Waals surface area contributed by atoms with Gasteiger partial charge in [-0.05, 0) is 34.5 Å². The lowest BCUT2D eigenvalue weighted by Gasteiger charge is -2.18. The fourth-order valence-corrected chi connectivity index (χ4v) is 3.79. The van der Waals surface area contributed by atoms with Crippen molar-refractivity contribution >= 4 is 68.3 Å². The molecule has 1 unspecified atom stereocenters. The first-order chi connectivity index (χ1) is 14.6. The summed E-state index contributed by atoms with van der Waals surface area (Å²) in [5.74, 6) is -0.128. The second kappa shape index (κ2) is 9.30. The van der Waals surface area contributed by atoms with Crippen molar-refractivity contribution in [1.29, 1.82) is 0 Å². The first kappa shape index (κ1) is 24.4. The van der Waals surface area contributed by atoms with E-state index in [1.54, 1.807) is 0 Å². The Morgan fingerprint density at radius 2 is 2.09 bits per heavy atom. The van der Waals surface area contributed by atoms with Gasteiger partial charge >= 0.3 is 6.36 Å². The van der Waals surface area contributed by atoms with Gasteiger partial charge in [0.05, 0.1) is 15.0 Å². The predicted octanol–water partition coefficient (Wildman–Crippen LogP) is 4.34. The van der Waals surface area contributed by atoms with Crippen LogP contribution in [0.5, 0.6) is 5.75 Å². The number of nitrogens with zero attached hydrogens (tertiary/aromatic N) is 3. The number of nitrogens with one attached hydrogen (secondary N) is 2. The fourth-order valence-electron chi connectivity index (χ4n) is 3.23. The molecule has 0 amide bonds. The molecule has 0 spiro atoms. The number of alkyl halides is 3. The van der Waals surface area contributed by atoms with E-state index >= 15 is 0 Å². The topological polar surface area (TPSA) is 109 Å². The zero-order valence-corrected chi connectivity index (χ0v) is 19.2. The van der Waals surface area contributed by atoms with Crippen molar-refractivity contribution in [2.75, 3.05) is 23.3 Å². The van der Waals surface area contributed by atoms with E-state index < -0.39 is 17.7 Å². The Bertz CT molecular complexity index is 1210. The summed E-state index contributed by atoms with van der Waals surface area (Å²) in [6, 6.07) is 3.73. The summed E-state index contributed by atoms with van der Waals surface area (Å²) in [7, 11) is 0. The van der Waals surface area contributed by atoms with Crippen molar-refractivity contribution in [2.24, 2.45) is 5.73 Å². The summed E-state index contributed by atoms with van der Waals surface area (Å²) in [6.07, 6.45) is -2.69. The van der Waals surface area contributed by atoms with Crippen LogP contribution in [0.25, 0.3) is 10.9 Å². The summed E-state index contributed by atoms with van der Waals surface area (Å²) in [4.78, 5) is 25.9. The van der Waals surface area contributed by atoms with Crippen molar-refractivity contribution in [3.8, 4) is 5.75 Å². The Morgan fingerprint density at radius 3 is 2.75 bits per heavy atom. The van der Waals surface area contributed by atoms with Crippen LogP contribution in [0, 0.1) is 0 Å². The Balaban J connectivity index is 0.00000289. The summed E-state index contributed by atoms with van der Waals surface area (Å²) in [5.41, 5.74) is 6.04. The molecule has 32 heavy (non-hydrogen) atoms. The third kappa shape index (κ3) is 5.20. The SMILES string of the molecule is Cl.NC1CCN(c2nc(Nc3ccc(Cl)c(OC(F)(F)F)c3)c3c(=O)[nH]cc(Br)c3n2)C1. The first-order valence-corrected chi connectivity index (χ1v) is 10.2. The molecule has 0 aliphatic carbocycles. The van der Waals surface area contributed by atoms with Gasteiger partial charge in [-0.25, -0.2) is 4.98 Å². The number of aromatic nitrogens is 3. The van der Waals surface area contributed by atoms with Gasteiger partial charge in [-0.2, -0.15) is 4.98 Å². The van der Waals surface area contributed by atoms with Crippen LogP contribution in [0.2, 0.25) is 5.02 Å². The zero-order valence-electron chi connectivity index (χ0n) is 16.0. The van der Waals surface area contributed by atoms with E-state index in [1.807, 2.05) is 4.90 Å². The van der Waals surface area contributed by atoms with E-state index in [2.05, 4.69) is 40.9 Å². The van der Waals surface area contributed by atoms with E-state index in [0.29, 0.717) is 29.0 Å². The molecule has 4 rings (SSSR count). The fraction of sp³-hybridized carbons (Fsp3) is 0.278. The molecule has 0 saturated carbocycles. The number of halogens is 6. The molecule has 0 bridgehead atoms. The van der Waals surface area contributed by atoms with Gasteiger partial charge in [-0.1, -0.05) is 11.6 Å². The second-order valence-electron chi connectivity index (χ2n) is 6.87. The Labute approximate surface area is 198 Å². The monoisotopic (exact) mass is 554 g/mol. The van der Waals surface area contributed by atoms with E-state index in [4.69, 9.17) is 17.3 Å². The number of nitrogens with two attached hydrogens (primary N) is 1. The summed E-state index contributed by atoms with van der Waals surface area (Å²) in [6.45, 7) is 1.17. The lowest BCUT2D eigenvalue weighted by Crippen LogP contribution is -2.28. The number of pyridine rings is 1. The number of benzene rings is 1. The first-order valence-electron chi connectivity index (χ1n) is 9.02. The normalized spacial score (nSPS) is 16.2. The average Bonchev–Trinajstić information content (AvgIpc) is 3.12. The molecule has 14 heteroatoms. The highest BCUT2D eigenvalue weighted by molar-refractivity contribution is 9.10. The molecule has 3 aromatic rings. The number of anilines is 3. The summed E-state index contributed by atoms with van der Waals surface area (Å²) >= 11 is 9.18. The minimum atomic E-state index is -4.91. The van der Waals surface area contributed by atoms with Crippen molar-refractivity contribution in [3.63, 3.8) is 0 Å². The number of hydrogen-bond donors (Lipinski definition) is 3. The maximum atomic E-state index is 12.7. The van der Waals surface area contributed by atoms with Gasteiger partial charge in [0.15, 0.2) is 0 Å². The molecule has 4 N–H and O–H groups in total. The highest BCUT2D eigenvalue weighted by Crippen LogP contribution is 2.35. The number of ether oxygens (including phenoxy) is 1. The maximum absolute atomic E-state index is 12.7. The highest BCUT2D eigenvalue weighted by atomic mass is 79.9. The molecule has 8 nitrogen and oxygen atoms in total. The molecule has 1 saturated heterocycles. The van der Waals surface area contributed by atoms with E-state index in [1.165, 1.54) is 18.3 Å². The maximum Gasteiger partial charge on any atom is 0.573 e. The smallest absolute Gasteiger partial charge is 0.404 e. The number of fused-ring (bicyclic) bond motifs is 1. The molecular weight excluding hydrogens is 540 g/mol. The van der Waals surface area contributed by atoms with Gasteiger partial charge in [0.1, 0.15) is 17.0 Å². The van der Waals surface area contributed by atoms with Crippen molar-refractivity contribution in [2.45, 2.75) is 18.8 Å². The zero-order chi connectivity index (χ0) is 22.3. The van der Waals surface area contributed by atoms with Gasteiger partial charge in [0.2, 0.25) is 5.95 Å². The van der Waals surface area contributed by atoms with Crippen LogP contribution in [0.4, 0.5) is 30.6 Å². The van der Waals surface area contributed by atoms with Crippen LogP contribution in [-0.2, 0) is 0 Å². The Kier molecular flexibility index (Phi) is 7.08. The van der Waals surface area contributed by atoms with E-state index in [-0.39, 0.29) is 40.4 Å². The molecule has 1 aromatic carbocycles. The summed E-state index contributed by atoms with van der Waals surface area (Å²) in [5, 5.41) is 2.80. The van der Waals surface area contributed by atoms with Crippen LogP contribution in [-0.4, -0.2) is 40.4 Å².